The second kappa shape index (κ2) is 4.14. The molecule has 3 N–H and O–H groups in total. The number of nitrogens with two attached hydrogens (primary N) is 1. The number of halogens is 3. The van der Waals surface area contributed by atoms with E-state index in [0.29, 0.717) is 4.90 Å². The van der Waals surface area contributed by atoms with Crippen molar-refractivity contribution < 1.29 is 13.2 Å². The van der Waals surface area contributed by atoms with Crippen LogP contribution < -0.4 is 5.73 Å². The summed E-state index contributed by atoms with van der Waals surface area (Å²) < 4.78 is 37.5. The maximum absolute atomic E-state index is 12.5. The second-order valence-corrected chi connectivity index (χ2v) is 3.70. The van der Waals surface area contributed by atoms with Crippen molar-refractivity contribution in [1.29, 1.82) is 5.41 Å². The molecule has 0 unspecified atom stereocenters. The summed E-state index contributed by atoms with van der Waals surface area (Å²) in [5, 5.41) is 7.10. The Kier molecular flexibility index (Phi) is 3.28. The lowest BCUT2D eigenvalue weighted by molar-refractivity contribution is -0.137. The van der Waals surface area contributed by atoms with Gasteiger partial charge in [0.05, 0.1) is 5.56 Å². The zero-order chi connectivity index (χ0) is 11.6. The predicted octanol–water partition coefficient (Wildman–Crippen LogP) is 2.71. The van der Waals surface area contributed by atoms with Crippen LogP contribution in [0.5, 0.6) is 0 Å². The Bertz CT molecular complexity index is 387. The first-order chi connectivity index (χ1) is 6.86. The van der Waals surface area contributed by atoms with Crippen molar-refractivity contribution in [1.82, 2.24) is 0 Å². The minimum Gasteiger partial charge on any atom is -0.384 e. The summed E-state index contributed by atoms with van der Waals surface area (Å²) in [6, 6.07) is 3.58. The third-order valence-corrected chi connectivity index (χ3v) is 2.55. The fourth-order valence-corrected chi connectivity index (χ4v) is 1.56. The van der Waals surface area contributed by atoms with E-state index < -0.39 is 17.6 Å². The van der Waals surface area contributed by atoms with Crippen molar-refractivity contribution >= 4 is 17.6 Å². The third-order valence-electron chi connectivity index (χ3n) is 1.82. The smallest absolute Gasteiger partial charge is 0.384 e. The van der Waals surface area contributed by atoms with Crippen LogP contribution in [-0.2, 0) is 6.18 Å². The lowest BCUT2D eigenvalue weighted by Crippen LogP contribution is -2.18. The van der Waals surface area contributed by atoms with Crippen LogP contribution in [-0.4, -0.2) is 12.1 Å². The van der Waals surface area contributed by atoms with Gasteiger partial charge in [-0.3, -0.25) is 5.41 Å². The number of alkyl halides is 3. The van der Waals surface area contributed by atoms with Gasteiger partial charge in [-0.1, -0.05) is 0 Å². The van der Waals surface area contributed by atoms with E-state index in [-0.39, 0.29) is 5.56 Å². The highest BCUT2D eigenvalue weighted by Gasteiger charge is 2.33. The van der Waals surface area contributed by atoms with Gasteiger partial charge in [-0.25, -0.2) is 0 Å². The zero-order valence-electron chi connectivity index (χ0n) is 7.85. The van der Waals surface area contributed by atoms with Crippen molar-refractivity contribution in [3.8, 4) is 0 Å². The predicted molar refractivity (Wildman–Crippen MR) is 54.2 cm³/mol. The Hall–Kier alpha value is -1.17. The van der Waals surface area contributed by atoms with Crippen molar-refractivity contribution in [3.05, 3.63) is 29.3 Å². The largest absolute Gasteiger partial charge is 0.417 e. The van der Waals surface area contributed by atoms with E-state index in [1.807, 2.05) is 0 Å². The number of benzene rings is 1. The van der Waals surface area contributed by atoms with E-state index in [4.69, 9.17) is 11.1 Å². The van der Waals surface area contributed by atoms with Crippen molar-refractivity contribution in [2.24, 2.45) is 5.73 Å². The summed E-state index contributed by atoms with van der Waals surface area (Å²) >= 11 is 1.30. The Labute approximate surface area is 89.2 Å². The second-order valence-electron chi connectivity index (χ2n) is 2.82. The summed E-state index contributed by atoms with van der Waals surface area (Å²) in [5.74, 6) is -0.571. The van der Waals surface area contributed by atoms with Crippen LogP contribution in [0.2, 0.25) is 0 Å². The maximum Gasteiger partial charge on any atom is 0.417 e. The lowest BCUT2D eigenvalue weighted by Gasteiger charge is -2.12. The van der Waals surface area contributed by atoms with Crippen LogP contribution in [0, 0.1) is 5.41 Å². The van der Waals surface area contributed by atoms with Crippen molar-refractivity contribution in [2.45, 2.75) is 11.1 Å². The molecule has 0 saturated carbocycles. The number of amidine groups is 1. The fourth-order valence-electron chi connectivity index (χ4n) is 1.12. The first-order valence-corrected chi connectivity index (χ1v) is 5.18. The molecule has 0 aliphatic heterocycles. The normalized spacial score (nSPS) is 11.5. The van der Waals surface area contributed by atoms with E-state index in [2.05, 4.69) is 0 Å². The molecule has 0 radical (unpaired) electrons. The molecule has 0 fully saturated rings. The molecule has 0 heterocycles. The highest BCUT2D eigenvalue weighted by atomic mass is 32.2. The lowest BCUT2D eigenvalue weighted by atomic mass is 10.1. The average molecular weight is 234 g/mol. The third kappa shape index (κ3) is 2.65. The fraction of sp³-hybridized carbons (Fsp3) is 0.222. The highest BCUT2D eigenvalue weighted by molar-refractivity contribution is 7.98. The number of hydrogen-bond acceptors (Lipinski definition) is 2. The first kappa shape index (κ1) is 11.9. The minimum atomic E-state index is -4.47. The molecule has 82 valence electrons. The molecular weight excluding hydrogens is 225 g/mol. The molecule has 1 aromatic carbocycles. The molecule has 0 aromatic heterocycles. The molecule has 1 rings (SSSR count). The van der Waals surface area contributed by atoms with Crippen molar-refractivity contribution in [2.75, 3.05) is 6.26 Å². The van der Waals surface area contributed by atoms with Crippen LogP contribution in [0.4, 0.5) is 13.2 Å². The molecule has 0 amide bonds. The molecule has 0 saturated heterocycles. The molecule has 1 aromatic rings. The molecule has 0 aliphatic rings. The minimum absolute atomic E-state index is 0.269. The molecule has 0 spiro atoms. The van der Waals surface area contributed by atoms with E-state index in [9.17, 15) is 13.2 Å². The molecule has 6 heteroatoms. The van der Waals surface area contributed by atoms with Gasteiger partial charge in [0.15, 0.2) is 0 Å². The van der Waals surface area contributed by atoms with Crippen LogP contribution in [0.25, 0.3) is 0 Å². The van der Waals surface area contributed by atoms with E-state index in [0.717, 1.165) is 6.07 Å². The van der Waals surface area contributed by atoms with E-state index >= 15 is 0 Å². The standard InChI is InChI=1S/C9H9F3N2S/c1-15-5-2-3-7(9(10,11)12)6(4-5)8(13)14/h2-4H,1H3,(H3,13,14). The molecule has 0 aliphatic carbocycles. The Morgan fingerprint density at radius 2 is 2.00 bits per heavy atom. The van der Waals surface area contributed by atoms with E-state index in [1.54, 1.807) is 6.26 Å². The number of nitrogens with one attached hydrogen (secondary N) is 1. The molecule has 0 bridgehead atoms. The topological polar surface area (TPSA) is 49.9 Å². The van der Waals surface area contributed by atoms with Gasteiger partial charge in [-0.05, 0) is 24.5 Å². The summed E-state index contributed by atoms with van der Waals surface area (Å²) in [4.78, 5) is 0.646. The van der Waals surface area contributed by atoms with Crippen LogP contribution in [0.3, 0.4) is 0 Å². The van der Waals surface area contributed by atoms with Crippen LogP contribution in [0.15, 0.2) is 23.1 Å². The Morgan fingerprint density at radius 1 is 1.40 bits per heavy atom. The van der Waals surface area contributed by atoms with E-state index in [1.165, 1.54) is 23.9 Å². The van der Waals surface area contributed by atoms with Gasteiger partial charge >= 0.3 is 6.18 Å². The summed E-state index contributed by atoms with van der Waals surface area (Å²) in [5.41, 5.74) is 3.97. The van der Waals surface area contributed by atoms with Gasteiger partial charge in [0.2, 0.25) is 0 Å². The van der Waals surface area contributed by atoms with Gasteiger partial charge in [-0.15, -0.1) is 11.8 Å². The number of nitrogen functional groups attached to an aromatic ring is 1. The van der Waals surface area contributed by atoms with Crippen molar-refractivity contribution in [3.63, 3.8) is 0 Å². The number of hydrogen-bond donors (Lipinski definition) is 2. The van der Waals surface area contributed by atoms with Crippen LogP contribution >= 0.6 is 11.8 Å². The maximum atomic E-state index is 12.5. The Morgan fingerprint density at radius 3 is 2.40 bits per heavy atom. The molecule has 0 atom stereocenters. The number of thioether (sulfide) groups is 1. The quantitative estimate of drug-likeness (QED) is 0.469. The zero-order valence-corrected chi connectivity index (χ0v) is 8.67. The SMILES string of the molecule is CSc1ccc(C(F)(F)F)c(C(=N)N)c1. The summed E-state index contributed by atoms with van der Waals surface area (Å²) in [7, 11) is 0. The van der Waals surface area contributed by atoms with Gasteiger partial charge in [0, 0.05) is 10.5 Å². The molecular formula is C9H9F3N2S. The first-order valence-electron chi connectivity index (χ1n) is 3.96. The van der Waals surface area contributed by atoms with Gasteiger partial charge in [0.1, 0.15) is 5.84 Å². The van der Waals surface area contributed by atoms with Gasteiger partial charge in [0.25, 0.3) is 0 Å². The summed E-state index contributed by atoms with van der Waals surface area (Å²) in [6.07, 6.45) is -2.73. The van der Waals surface area contributed by atoms with Gasteiger partial charge < -0.3 is 5.73 Å². The Balaban J connectivity index is 3.34. The highest BCUT2D eigenvalue weighted by Crippen LogP contribution is 2.33. The monoisotopic (exact) mass is 234 g/mol. The molecule has 2 nitrogen and oxygen atoms in total. The van der Waals surface area contributed by atoms with Crippen LogP contribution in [0.1, 0.15) is 11.1 Å². The summed E-state index contributed by atoms with van der Waals surface area (Å²) in [6.45, 7) is 0. The number of rotatable bonds is 2. The molecule has 15 heavy (non-hydrogen) atoms. The van der Waals surface area contributed by atoms with Gasteiger partial charge in [-0.2, -0.15) is 13.2 Å². The average Bonchev–Trinajstić information content (AvgIpc) is 2.15.